The van der Waals surface area contributed by atoms with E-state index in [0.717, 1.165) is 6.54 Å². The topological polar surface area (TPSA) is 26.8 Å². The fraction of sp³-hybridized carbons (Fsp3) is 0.571. The van der Waals surface area contributed by atoms with Crippen molar-refractivity contribution in [3.8, 4) is 6.07 Å². The van der Waals surface area contributed by atoms with Crippen molar-refractivity contribution >= 4 is 0 Å². The highest BCUT2D eigenvalue weighted by atomic mass is 15.3. The minimum absolute atomic E-state index is 0.313. The molecule has 0 amide bonds. The van der Waals surface area contributed by atoms with Crippen LogP contribution < -0.4 is 0 Å². The van der Waals surface area contributed by atoms with E-state index in [4.69, 9.17) is 5.26 Å². The summed E-state index contributed by atoms with van der Waals surface area (Å²) in [5.41, 5.74) is 0.313. The van der Waals surface area contributed by atoms with E-state index in [0.29, 0.717) is 5.54 Å². The van der Waals surface area contributed by atoms with Gasteiger partial charge in [0, 0.05) is 18.8 Å². The first-order chi connectivity index (χ1) is 4.17. The third-order valence-electron chi connectivity index (χ3n) is 1.56. The highest BCUT2D eigenvalue weighted by molar-refractivity contribution is 5.11. The lowest BCUT2D eigenvalue weighted by molar-refractivity contribution is 0.575. The molecule has 48 valence electrons. The number of nitriles is 1. The summed E-state index contributed by atoms with van der Waals surface area (Å²) in [7, 11) is 0. The summed E-state index contributed by atoms with van der Waals surface area (Å²) in [6.07, 6.45) is 3.34. The van der Waals surface area contributed by atoms with Gasteiger partial charge >= 0.3 is 0 Å². The van der Waals surface area contributed by atoms with Gasteiger partial charge in [0.25, 0.3) is 0 Å². The molecule has 9 heavy (non-hydrogen) atoms. The first-order valence-electron chi connectivity index (χ1n) is 3.00. The van der Waals surface area contributed by atoms with Gasteiger partial charge in [0.1, 0.15) is 0 Å². The second-order valence-corrected chi connectivity index (χ2v) is 2.89. The molecule has 0 aromatic rings. The van der Waals surface area contributed by atoms with Crippen LogP contribution in [0.4, 0.5) is 0 Å². The van der Waals surface area contributed by atoms with Gasteiger partial charge in [-0.15, -0.1) is 0 Å². The van der Waals surface area contributed by atoms with E-state index in [-0.39, 0.29) is 0 Å². The van der Waals surface area contributed by atoms with Gasteiger partial charge in [0.05, 0.1) is 11.6 Å². The summed E-state index contributed by atoms with van der Waals surface area (Å²) in [5, 5.41) is 8.15. The minimum atomic E-state index is 0.313. The molecule has 0 atom stereocenters. The highest BCUT2D eigenvalue weighted by Gasteiger charge is 2.39. The lowest BCUT2D eigenvalue weighted by Crippen LogP contribution is -2.01. The Kier molecular flexibility index (Phi) is 1.21. The smallest absolute Gasteiger partial charge is 0.0927 e. The first kappa shape index (κ1) is 6.15. The summed E-state index contributed by atoms with van der Waals surface area (Å²) >= 11 is 0. The fourth-order valence-electron chi connectivity index (χ4n) is 0.759. The van der Waals surface area contributed by atoms with Crippen LogP contribution in [-0.4, -0.2) is 17.0 Å². The molecule has 1 aliphatic heterocycles. The van der Waals surface area contributed by atoms with Crippen LogP contribution in [0, 0.1) is 11.3 Å². The van der Waals surface area contributed by atoms with Crippen molar-refractivity contribution in [3.05, 3.63) is 12.3 Å². The Morgan fingerprint density at radius 1 is 1.67 bits per heavy atom. The second kappa shape index (κ2) is 1.77. The van der Waals surface area contributed by atoms with Gasteiger partial charge in [-0.25, -0.2) is 0 Å². The van der Waals surface area contributed by atoms with Gasteiger partial charge < -0.3 is 4.90 Å². The van der Waals surface area contributed by atoms with Gasteiger partial charge in [0.15, 0.2) is 0 Å². The lowest BCUT2D eigenvalue weighted by atomic mass is 10.2. The van der Waals surface area contributed by atoms with E-state index in [1.165, 1.54) is 6.08 Å². The summed E-state index contributed by atoms with van der Waals surface area (Å²) in [5.74, 6) is 0. The van der Waals surface area contributed by atoms with Crippen molar-refractivity contribution in [2.45, 2.75) is 19.4 Å². The van der Waals surface area contributed by atoms with Crippen LogP contribution >= 0.6 is 0 Å². The summed E-state index contributed by atoms with van der Waals surface area (Å²) < 4.78 is 0. The maximum atomic E-state index is 8.15. The van der Waals surface area contributed by atoms with Crippen molar-refractivity contribution in [3.63, 3.8) is 0 Å². The average molecular weight is 122 g/mol. The van der Waals surface area contributed by atoms with Crippen LogP contribution in [0.1, 0.15) is 13.8 Å². The van der Waals surface area contributed by atoms with Crippen LogP contribution in [0.5, 0.6) is 0 Å². The van der Waals surface area contributed by atoms with E-state index < -0.39 is 0 Å². The van der Waals surface area contributed by atoms with Gasteiger partial charge in [-0.05, 0) is 13.8 Å². The van der Waals surface area contributed by atoms with Crippen molar-refractivity contribution in [2.75, 3.05) is 6.54 Å². The zero-order valence-electron chi connectivity index (χ0n) is 5.76. The Balaban J connectivity index is 2.38. The van der Waals surface area contributed by atoms with Crippen LogP contribution in [-0.2, 0) is 0 Å². The number of nitrogens with zero attached hydrogens (tertiary/aromatic N) is 2. The minimum Gasteiger partial charge on any atom is -0.368 e. The van der Waals surface area contributed by atoms with Crippen LogP contribution in [0.15, 0.2) is 12.3 Å². The predicted molar refractivity (Wildman–Crippen MR) is 35.5 cm³/mol. The standard InChI is InChI=1S/C7H10N2/c1-7(2)6-9(7)5-3-4-8/h3,5H,6H2,1-2H3/b5-3-. The Hall–Kier alpha value is -0.970. The van der Waals surface area contributed by atoms with Gasteiger partial charge in [0.2, 0.25) is 0 Å². The van der Waals surface area contributed by atoms with E-state index in [1.54, 1.807) is 0 Å². The second-order valence-electron chi connectivity index (χ2n) is 2.89. The highest BCUT2D eigenvalue weighted by Crippen LogP contribution is 2.30. The molecule has 2 nitrogen and oxygen atoms in total. The number of allylic oxidation sites excluding steroid dienone is 1. The summed E-state index contributed by atoms with van der Waals surface area (Å²) in [6.45, 7) is 5.37. The van der Waals surface area contributed by atoms with Crippen LogP contribution in [0.3, 0.4) is 0 Å². The Labute approximate surface area is 55.4 Å². The zero-order chi connectivity index (χ0) is 6.91. The monoisotopic (exact) mass is 122 g/mol. The average Bonchev–Trinajstić information content (AvgIpc) is 2.35. The van der Waals surface area contributed by atoms with E-state index in [9.17, 15) is 0 Å². The molecule has 0 aromatic carbocycles. The normalized spacial score (nSPS) is 22.1. The number of hydrogen-bond acceptors (Lipinski definition) is 2. The largest absolute Gasteiger partial charge is 0.368 e. The molecule has 0 aliphatic carbocycles. The Bertz CT molecular complexity index is 174. The quantitative estimate of drug-likeness (QED) is 0.385. The van der Waals surface area contributed by atoms with E-state index >= 15 is 0 Å². The van der Waals surface area contributed by atoms with Crippen molar-refractivity contribution in [1.82, 2.24) is 4.90 Å². The number of rotatable bonds is 1. The molecular weight excluding hydrogens is 112 g/mol. The lowest BCUT2D eigenvalue weighted by Gasteiger charge is -1.98. The molecule has 0 N–H and O–H groups in total. The van der Waals surface area contributed by atoms with Gasteiger partial charge in [-0.1, -0.05) is 0 Å². The molecule has 1 rings (SSSR count). The van der Waals surface area contributed by atoms with E-state index in [1.807, 2.05) is 12.3 Å². The molecule has 1 saturated heterocycles. The molecule has 0 spiro atoms. The fourth-order valence-corrected chi connectivity index (χ4v) is 0.759. The van der Waals surface area contributed by atoms with Gasteiger partial charge in [-0.2, -0.15) is 5.26 Å². The molecule has 0 radical (unpaired) electrons. The molecule has 0 unspecified atom stereocenters. The maximum Gasteiger partial charge on any atom is 0.0927 e. The third-order valence-corrected chi connectivity index (χ3v) is 1.56. The number of hydrogen-bond donors (Lipinski definition) is 0. The van der Waals surface area contributed by atoms with Crippen molar-refractivity contribution in [2.24, 2.45) is 0 Å². The van der Waals surface area contributed by atoms with Gasteiger partial charge in [-0.3, -0.25) is 0 Å². The molecule has 0 saturated carbocycles. The molecule has 0 aromatic heterocycles. The Morgan fingerprint density at radius 2 is 2.22 bits per heavy atom. The molecule has 1 heterocycles. The van der Waals surface area contributed by atoms with Crippen LogP contribution in [0.2, 0.25) is 0 Å². The van der Waals surface area contributed by atoms with Crippen molar-refractivity contribution < 1.29 is 0 Å². The molecular formula is C7H10N2. The van der Waals surface area contributed by atoms with E-state index in [2.05, 4.69) is 18.7 Å². The molecule has 0 bridgehead atoms. The van der Waals surface area contributed by atoms with Crippen LogP contribution in [0.25, 0.3) is 0 Å². The SMILES string of the molecule is CC1(C)CN1/C=C\C#N. The summed E-state index contributed by atoms with van der Waals surface area (Å²) in [4.78, 5) is 2.12. The Morgan fingerprint density at radius 3 is 2.56 bits per heavy atom. The first-order valence-corrected chi connectivity index (χ1v) is 3.00. The molecule has 2 heteroatoms. The summed E-state index contributed by atoms with van der Waals surface area (Å²) in [6, 6.07) is 1.95. The zero-order valence-corrected chi connectivity index (χ0v) is 5.76. The third kappa shape index (κ3) is 1.23. The van der Waals surface area contributed by atoms with Crippen molar-refractivity contribution in [1.29, 1.82) is 5.26 Å². The predicted octanol–water partition coefficient (Wildman–Crippen LogP) is 1.12. The molecule has 1 aliphatic rings. The maximum absolute atomic E-state index is 8.15. The molecule has 1 fully saturated rings.